The summed E-state index contributed by atoms with van der Waals surface area (Å²) >= 11 is 1.32. The lowest BCUT2D eigenvalue weighted by atomic mass is 10.0. The Morgan fingerprint density at radius 1 is 0.938 bits per heavy atom. The average Bonchev–Trinajstić information content (AvgIpc) is 3.21. The number of aromatic nitrogens is 2. The predicted octanol–water partition coefficient (Wildman–Crippen LogP) is 5.07. The van der Waals surface area contributed by atoms with Gasteiger partial charge in [0.05, 0.1) is 11.9 Å². The van der Waals surface area contributed by atoms with Gasteiger partial charge in [0.2, 0.25) is 0 Å². The van der Waals surface area contributed by atoms with Crippen LogP contribution in [0, 0.1) is 13.8 Å². The first-order valence-electron chi connectivity index (χ1n) is 10.3. The van der Waals surface area contributed by atoms with Crippen LogP contribution in [-0.2, 0) is 6.54 Å². The van der Waals surface area contributed by atoms with Gasteiger partial charge >= 0.3 is 5.69 Å². The zero-order valence-corrected chi connectivity index (χ0v) is 18.5. The fourth-order valence-corrected chi connectivity index (χ4v) is 4.87. The van der Waals surface area contributed by atoms with Crippen molar-refractivity contribution in [3.63, 3.8) is 0 Å². The van der Waals surface area contributed by atoms with Gasteiger partial charge in [0.25, 0.3) is 5.56 Å². The lowest BCUT2D eigenvalue weighted by Crippen LogP contribution is -2.37. The number of carbonyl (C=O) groups is 1. The Kier molecular flexibility index (Phi) is 4.87. The minimum Gasteiger partial charge on any atom is -0.298 e. The van der Waals surface area contributed by atoms with Crippen LogP contribution in [0.4, 0.5) is 0 Å². The van der Waals surface area contributed by atoms with Crippen LogP contribution in [0.5, 0.6) is 0 Å². The van der Waals surface area contributed by atoms with Gasteiger partial charge in [-0.25, -0.2) is 4.79 Å². The Bertz CT molecular complexity index is 1640. The second-order valence-corrected chi connectivity index (χ2v) is 8.84. The van der Waals surface area contributed by atoms with Gasteiger partial charge in [-0.1, -0.05) is 48.5 Å². The fourth-order valence-electron chi connectivity index (χ4n) is 3.92. The highest BCUT2D eigenvalue weighted by molar-refractivity contribution is 7.17. The molecule has 0 saturated heterocycles. The van der Waals surface area contributed by atoms with E-state index >= 15 is 0 Å². The largest absolute Gasteiger partial charge is 0.329 e. The molecule has 0 aliphatic heterocycles. The summed E-state index contributed by atoms with van der Waals surface area (Å²) in [6, 6.07) is 19.4. The summed E-state index contributed by atoms with van der Waals surface area (Å²) < 4.78 is 0.997. The normalized spacial score (nSPS) is 11.3. The van der Waals surface area contributed by atoms with E-state index in [9.17, 15) is 14.4 Å². The van der Waals surface area contributed by atoms with Crippen molar-refractivity contribution in [1.29, 1.82) is 0 Å². The number of aromatic amines is 1. The molecule has 0 bridgehead atoms. The number of fused-ring (bicyclic) bond motifs is 2. The monoisotopic (exact) mass is 440 g/mol. The number of hydrogen-bond donors (Lipinski definition) is 1. The molecule has 2 aromatic heterocycles. The van der Waals surface area contributed by atoms with Gasteiger partial charge < -0.3 is 0 Å². The number of nitrogens with zero attached hydrogens (tertiary/aromatic N) is 1. The lowest BCUT2D eigenvalue weighted by Gasteiger charge is -2.08. The zero-order chi connectivity index (χ0) is 22.4. The van der Waals surface area contributed by atoms with E-state index in [2.05, 4.69) is 4.98 Å². The molecule has 3 aromatic carbocycles. The molecule has 0 unspecified atom stereocenters. The van der Waals surface area contributed by atoms with Crippen molar-refractivity contribution in [3.8, 4) is 11.1 Å². The molecule has 32 heavy (non-hydrogen) atoms. The predicted molar refractivity (Wildman–Crippen MR) is 130 cm³/mol. The average molecular weight is 441 g/mol. The van der Waals surface area contributed by atoms with Crippen LogP contribution in [0.15, 0.2) is 75.6 Å². The minimum atomic E-state index is -0.577. The van der Waals surface area contributed by atoms with Crippen LogP contribution in [-0.4, -0.2) is 15.3 Å². The molecule has 0 aliphatic rings. The summed E-state index contributed by atoms with van der Waals surface area (Å²) in [5, 5.41) is 4.49. The molecule has 2 heterocycles. The first kappa shape index (κ1) is 20.2. The number of ketones is 1. The van der Waals surface area contributed by atoms with Crippen molar-refractivity contribution < 1.29 is 4.79 Å². The van der Waals surface area contributed by atoms with Crippen molar-refractivity contribution in [2.45, 2.75) is 20.4 Å². The molecule has 0 atom stereocenters. The minimum absolute atomic E-state index is 0.275. The summed E-state index contributed by atoms with van der Waals surface area (Å²) in [5.74, 6) is -0.275. The third-order valence-electron chi connectivity index (χ3n) is 5.91. The van der Waals surface area contributed by atoms with Gasteiger partial charge in [0.1, 0.15) is 4.83 Å². The Hall–Kier alpha value is -3.77. The highest BCUT2D eigenvalue weighted by Crippen LogP contribution is 2.32. The van der Waals surface area contributed by atoms with E-state index in [1.807, 2.05) is 67.8 Å². The van der Waals surface area contributed by atoms with E-state index in [-0.39, 0.29) is 12.3 Å². The van der Waals surface area contributed by atoms with Crippen molar-refractivity contribution in [1.82, 2.24) is 9.55 Å². The van der Waals surface area contributed by atoms with Crippen LogP contribution in [0.2, 0.25) is 0 Å². The van der Waals surface area contributed by atoms with Crippen LogP contribution < -0.4 is 11.2 Å². The maximum atomic E-state index is 13.4. The summed E-state index contributed by atoms with van der Waals surface area (Å²) in [6.07, 6.45) is 0. The van der Waals surface area contributed by atoms with Crippen LogP contribution in [0.1, 0.15) is 21.5 Å². The topological polar surface area (TPSA) is 71.9 Å². The number of thiophene rings is 1. The number of aryl methyl sites for hydroxylation is 2. The number of rotatable bonds is 4. The molecular formula is C26H20N2O3S. The molecule has 0 amide bonds. The van der Waals surface area contributed by atoms with E-state index in [1.54, 1.807) is 12.1 Å². The Labute approximate surface area is 187 Å². The van der Waals surface area contributed by atoms with E-state index in [4.69, 9.17) is 0 Å². The molecular weight excluding hydrogens is 420 g/mol. The lowest BCUT2D eigenvalue weighted by molar-refractivity contribution is 0.0969. The summed E-state index contributed by atoms with van der Waals surface area (Å²) in [4.78, 5) is 42.1. The van der Waals surface area contributed by atoms with E-state index in [0.717, 1.165) is 37.6 Å². The third-order valence-corrected chi connectivity index (χ3v) is 6.80. The van der Waals surface area contributed by atoms with E-state index in [0.29, 0.717) is 15.8 Å². The number of Topliss-reactive ketones (excluding diaryl/α,β-unsaturated/α-hetero) is 1. The molecule has 0 spiro atoms. The van der Waals surface area contributed by atoms with Gasteiger partial charge in [0, 0.05) is 16.5 Å². The molecule has 0 radical (unpaired) electrons. The number of carbonyl (C=O) groups excluding carboxylic acids is 1. The van der Waals surface area contributed by atoms with E-state index in [1.165, 1.54) is 11.3 Å². The van der Waals surface area contributed by atoms with Gasteiger partial charge in [-0.15, -0.1) is 11.3 Å². The van der Waals surface area contributed by atoms with E-state index < -0.39 is 11.2 Å². The van der Waals surface area contributed by atoms with Crippen LogP contribution in [0.25, 0.3) is 32.1 Å². The van der Waals surface area contributed by atoms with Crippen LogP contribution >= 0.6 is 11.3 Å². The molecule has 0 aliphatic carbocycles. The molecule has 0 saturated carbocycles. The first-order chi connectivity index (χ1) is 15.4. The maximum Gasteiger partial charge on any atom is 0.329 e. The second-order valence-electron chi connectivity index (χ2n) is 7.96. The molecule has 1 N–H and O–H groups in total. The smallest absolute Gasteiger partial charge is 0.298 e. The first-order valence-corrected chi connectivity index (χ1v) is 11.1. The second kappa shape index (κ2) is 7.73. The summed E-state index contributed by atoms with van der Waals surface area (Å²) in [7, 11) is 0. The number of nitrogens with one attached hydrogen (secondary N) is 1. The van der Waals surface area contributed by atoms with Gasteiger partial charge in [-0.2, -0.15) is 0 Å². The van der Waals surface area contributed by atoms with Gasteiger partial charge in [-0.3, -0.25) is 19.1 Å². The Morgan fingerprint density at radius 3 is 2.50 bits per heavy atom. The number of H-pyrrole nitrogens is 1. The maximum absolute atomic E-state index is 13.4. The molecule has 0 fully saturated rings. The highest BCUT2D eigenvalue weighted by Gasteiger charge is 2.18. The number of benzene rings is 3. The van der Waals surface area contributed by atoms with Gasteiger partial charge in [0.15, 0.2) is 5.78 Å². The number of hydrogen-bond acceptors (Lipinski definition) is 4. The fraction of sp³-hybridized carbons (Fsp3) is 0.115. The van der Waals surface area contributed by atoms with Crippen LogP contribution in [0.3, 0.4) is 0 Å². The zero-order valence-electron chi connectivity index (χ0n) is 17.6. The molecule has 158 valence electrons. The van der Waals surface area contributed by atoms with Crippen molar-refractivity contribution in [2.75, 3.05) is 0 Å². The third kappa shape index (κ3) is 3.39. The standard InChI is InChI=1S/C26H20N2O3S/c1-15-7-8-20(11-16(15)2)22(29)13-28-25(30)23-21(14-32-24(23)27-26(28)31)19-10-9-17-5-3-4-6-18(17)12-19/h3-12,14H,13H2,1-2H3,(H,27,31). The van der Waals surface area contributed by atoms with Crippen molar-refractivity contribution >= 4 is 38.1 Å². The van der Waals surface area contributed by atoms with Crippen molar-refractivity contribution in [2.24, 2.45) is 0 Å². The molecule has 5 rings (SSSR count). The SMILES string of the molecule is Cc1ccc(C(=O)Cn2c(=O)[nH]c3scc(-c4ccc5ccccc5c4)c3c2=O)cc1C. The Balaban J connectivity index is 1.61. The Morgan fingerprint density at radius 2 is 1.72 bits per heavy atom. The molecule has 5 aromatic rings. The quantitative estimate of drug-likeness (QED) is 0.397. The van der Waals surface area contributed by atoms with Crippen molar-refractivity contribution in [3.05, 3.63) is 104 Å². The molecule has 6 heteroatoms. The van der Waals surface area contributed by atoms with Gasteiger partial charge in [-0.05, 0) is 53.4 Å². The highest BCUT2D eigenvalue weighted by atomic mass is 32.1. The summed E-state index contributed by atoms with van der Waals surface area (Å²) in [6.45, 7) is 3.59. The molecule has 5 nitrogen and oxygen atoms in total. The summed E-state index contributed by atoms with van der Waals surface area (Å²) in [5.41, 5.74) is 3.17.